The Morgan fingerprint density at radius 1 is 1.12 bits per heavy atom. The quantitative estimate of drug-likeness (QED) is 0.866. The third kappa shape index (κ3) is 2.41. The summed E-state index contributed by atoms with van der Waals surface area (Å²) in [5, 5.41) is 2.26. The van der Waals surface area contributed by atoms with Gasteiger partial charge in [-0.2, -0.15) is 0 Å². The number of benzene rings is 1. The first-order valence-corrected chi connectivity index (χ1v) is 4.71. The van der Waals surface area contributed by atoms with Crippen LogP contribution in [0, 0.1) is 11.6 Å². The van der Waals surface area contributed by atoms with Gasteiger partial charge in [0.15, 0.2) is 11.6 Å². The summed E-state index contributed by atoms with van der Waals surface area (Å²) in [4.78, 5) is 19.1. The van der Waals surface area contributed by atoms with Gasteiger partial charge in [0.25, 0.3) is 5.91 Å². The molecule has 2 rings (SSSR count). The van der Waals surface area contributed by atoms with E-state index in [2.05, 4.69) is 15.3 Å². The van der Waals surface area contributed by atoms with E-state index in [1.54, 1.807) is 6.07 Å². The summed E-state index contributed by atoms with van der Waals surface area (Å²) >= 11 is 0. The lowest BCUT2D eigenvalue weighted by atomic mass is 10.2. The van der Waals surface area contributed by atoms with Crippen LogP contribution in [0.2, 0.25) is 0 Å². The maximum atomic E-state index is 13.3. The lowest BCUT2D eigenvalue weighted by molar-refractivity contribution is 0.102. The Hall–Kier alpha value is -2.37. The van der Waals surface area contributed by atoms with Gasteiger partial charge in [-0.15, -0.1) is 0 Å². The molecule has 0 atom stereocenters. The first kappa shape index (κ1) is 11.1. The summed E-state index contributed by atoms with van der Waals surface area (Å²) in [6.07, 6.45) is 2.84. The molecule has 0 saturated heterocycles. The number of rotatable bonds is 2. The average Bonchev–Trinajstić information content (AvgIpc) is 2.34. The molecule has 0 aliphatic heterocycles. The van der Waals surface area contributed by atoms with Crippen LogP contribution in [0.4, 0.5) is 14.7 Å². The lowest BCUT2D eigenvalue weighted by Crippen LogP contribution is -2.16. The van der Waals surface area contributed by atoms with E-state index in [4.69, 9.17) is 0 Å². The van der Waals surface area contributed by atoms with Crippen LogP contribution in [0.15, 0.2) is 36.7 Å². The smallest absolute Gasteiger partial charge is 0.261 e. The minimum atomic E-state index is -1.19. The number of nitrogens with zero attached hydrogens (tertiary/aromatic N) is 2. The molecule has 0 bridgehead atoms. The van der Waals surface area contributed by atoms with E-state index in [0.717, 1.165) is 6.07 Å². The van der Waals surface area contributed by atoms with Gasteiger partial charge in [0.1, 0.15) is 0 Å². The number of carbonyl (C=O) groups excluding carboxylic acids is 1. The third-order valence-electron chi connectivity index (χ3n) is 1.99. The average molecular weight is 235 g/mol. The number of carbonyl (C=O) groups is 1. The third-order valence-corrected chi connectivity index (χ3v) is 1.99. The molecule has 1 aromatic heterocycles. The molecule has 4 nitrogen and oxygen atoms in total. The maximum Gasteiger partial charge on any atom is 0.261 e. The number of aromatic nitrogens is 2. The predicted molar refractivity (Wildman–Crippen MR) is 56.3 cm³/mol. The Balaban J connectivity index is 2.24. The molecule has 1 aromatic carbocycles. The number of amides is 1. The van der Waals surface area contributed by atoms with Gasteiger partial charge in [-0.25, -0.2) is 18.7 Å². The molecule has 1 N–H and O–H groups in total. The van der Waals surface area contributed by atoms with Gasteiger partial charge in [-0.05, 0) is 18.2 Å². The SMILES string of the molecule is O=C(Nc1ncccn1)c1cccc(F)c1F. The van der Waals surface area contributed by atoms with Gasteiger partial charge in [-0.3, -0.25) is 10.1 Å². The number of nitrogens with one attached hydrogen (secondary N) is 1. The monoisotopic (exact) mass is 235 g/mol. The van der Waals surface area contributed by atoms with Crippen molar-refractivity contribution in [3.8, 4) is 0 Å². The van der Waals surface area contributed by atoms with Gasteiger partial charge in [-0.1, -0.05) is 6.07 Å². The maximum absolute atomic E-state index is 13.3. The second kappa shape index (κ2) is 4.65. The van der Waals surface area contributed by atoms with Gasteiger partial charge >= 0.3 is 0 Å². The number of halogens is 2. The molecule has 17 heavy (non-hydrogen) atoms. The van der Waals surface area contributed by atoms with Crippen LogP contribution in [0.25, 0.3) is 0 Å². The number of anilines is 1. The van der Waals surface area contributed by atoms with Crippen molar-refractivity contribution in [1.29, 1.82) is 0 Å². The van der Waals surface area contributed by atoms with Crippen LogP contribution >= 0.6 is 0 Å². The first-order chi connectivity index (χ1) is 8.18. The lowest BCUT2D eigenvalue weighted by Gasteiger charge is -2.04. The Morgan fingerprint density at radius 3 is 2.53 bits per heavy atom. The molecule has 1 heterocycles. The molecule has 0 radical (unpaired) electrons. The van der Waals surface area contributed by atoms with Crippen LogP contribution in [0.5, 0.6) is 0 Å². The normalized spacial score (nSPS) is 10.0. The summed E-state index contributed by atoms with van der Waals surface area (Å²) < 4.78 is 26.2. The Morgan fingerprint density at radius 2 is 1.82 bits per heavy atom. The summed E-state index contributed by atoms with van der Waals surface area (Å²) in [7, 11) is 0. The van der Waals surface area contributed by atoms with E-state index in [0.29, 0.717) is 0 Å². The molecule has 0 aliphatic carbocycles. The highest BCUT2D eigenvalue weighted by atomic mass is 19.2. The zero-order valence-electron chi connectivity index (χ0n) is 8.52. The first-order valence-electron chi connectivity index (χ1n) is 4.71. The second-order valence-electron chi connectivity index (χ2n) is 3.13. The minimum Gasteiger partial charge on any atom is -0.290 e. The fourth-order valence-electron chi connectivity index (χ4n) is 1.21. The van der Waals surface area contributed by atoms with Crippen molar-refractivity contribution in [2.45, 2.75) is 0 Å². The van der Waals surface area contributed by atoms with Gasteiger partial charge in [0, 0.05) is 12.4 Å². The van der Waals surface area contributed by atoms with E-state index in [9.17, 15) is 13.6 Å². The predicted octanol–water partition coefficient (Wildman–Crippen LogP) is 2.01. The topological polar surface area (TPSA) is 54.9 Å². The van der Waals surface area contributed by atoms with Crippen molar-refractivity contribution in [3.63, 3.8) is 0 Å². The zero-order chi connectivity index (χ0) is 12.3. The van der Waals surface area contributed by atoms with Gasteiger partial charge < -0.3 is 0 Å². The van der Waals surface area contributed by atoms with Crippen LogP contribution < -0.4 is 5.32 Å². The van der Waals surface area contributed by atoms with Crippen molar-refractivity contribution >= 4 is 11.9 Å². The molecule has 0 spiro atoms. The molecule has 6 heteroatoms. The van der Waals surface area contributed by atoms with Crippen LogP contribution in [0.1, 0.15) is 10.4 Å². The van der Waals surface area contributed by atoms with E-state index in [1.807, 2.05) is 0 Å². The largest absolute Gasteiger partial charge is 0.290 e. The number of hydrogen-bond donors (Lipinski definition) is 1. The van der Waals surface area contributed by atoms with Crippen molar-refractivity contribution in [2.24, 2.45) is 0 Å². The molecule has 0 fully saturated rings. The van der Waals surface area contributed by atoms with Gasteiger partial charge in [0.05, 0.1) is 5.56 Å². The summed E-state index contributed by atoms with van der Waals surface area (Å²) in [6, 6.07) is 4.93. The fraction of sp³-hybridized carbons (Fsp3) is 0. The number of hydrogen-bond acceptors (Lipinski definition) is 3. The molecule has 2 aromatic rings. The van der Waals surface area contributed by atoms with Crippen molar-refractivity contribution in [2.75, 3.05) is 5.32 Å². The van der Waals surface area contributed by atoms with E-state index >= 15 is 0 Å². The highest BCUT2D eigenvalue weighted by Crippen LogP contribution is 2.12. The zero-order valence-corrected chi connectivity index (χ0v) is 8.52. The van der Waals surface area contributed by atoms with Crippen LogP contribution in [0.3, 0.4) is 0 Å². The molecule has 0 saturated carbocycles. The molecular weight excluding hydrogens is 228 g/mol. The van der Waals surface area contributed by atoms with Gasteiger partial charge in [0.2, 0.25) is 5.95 Å². The Labute approximate surface area is 95.3 Å². The van der Waals surface area contributed by atoms with E-state index in [1.165, 1.54) is 24.5 Å². The summed E-state index contributed by atoms with van der Waals surface area (Å²) in [6.45, 7) is 0. The highest BCUT2D eigenvalue weighted by molar-refractivity contribution is 6.03. The van der Waals surface area contributed by atoms with Crippen molar-refractivity contribution < 1.29 is 13.6 Å². The standard InChI is InChI=1S/C11H7F2N3O/c12-8-4-1-3-7(9(8)13)10(17)16-11-14-5-2-6-15-11/h1-6H,(H,14,15,16,17). The Bertz CT molecular complexity index is 546. The summed E-state index contributed by atoms with van der Waals surface area (Å²) in [5.74, 6) is -3.04. The molecule has 1 amide bonds. The molecule has 86 valence electrons. The fourth-order valence-corrected chi connectivity index (χ4v) is 1.21. The molecule has 0 aliphatic rings. The minimum absolute atomic E-state index is 0.0289. The van der Waals surface area contributed by atoms with Crippen molar-refractivity contribution in [1.82, 2.24) is 9.97 Å². The van der Waals surface area contributed by atoms with Crippen LogP contribution in [-0.4, -0.2) is 15.9 Å². The van der Waals surface area contributed by atoms with E-state index < -0.39 is 23.1 Å². The highest BCUT2D eigenvalue weighted by Gasteiger charge is 2.15. The van der Waals surface area contributed by atoms with Crippen molar-refractivity contribution in [3.05, 3.63) is 53.9 Å². The Kier molecular flexibility index (Phi) is 3.04. The second-order valence-corrected chi connectivity index (χ2v) is 3.13. The van der Waals surface area contributed by atoms with Crippen LogP contribution in [-0.2, 0) is 0 Å². The molecular formula is C11H7F2N3O. The van der Waals surface area contributed by atoms with E-state index in [-0.39, 0.29) is 5.95 Å². The summed E-state index contributed by atoms with van der Waals surface area (Å²) in [5.41, 5.74) is -0.391. The molecule has 0 unspecified atom stereocenters.